The summed E-state index contributed by atoms with van der Waals surface area (Å²) in [5.41, 5.74) is 2.62. The highest BCUT2D eigenvalue weighted by Gasteiger charge is 2.26. The molecule has 0 saturated carbocycles. The number of anilines is 1. The second-order valence-corrected chi connectivity index (χ2v) is 9.70. The molecule has 0 spiro atoms. The SMILES string of the molecule is CCN1CCN(C(=O)Cn2cc(NC(=O)c3cnn4cccnc34)c(-c3cc4c(cc3OC(F)F)CN=C4)n2)CC1. The van der Waals surface area contributed by atoms with Gasteiger partial charge in [-0.25, -0.2) is 9.50 Å². The van der Waals surface area contributed by atoms with Gasteiger partial charge in [-0.3, -0.25) is 19.3 Å². The van der Waals surface area contributed by atoms with Crippen LogP contribution in [0.15, 0.2) is 48.0 Å². The van der Waals surface area contributed by atoms with Crippen molar-refractivity contribution in [1.29, 1.82) is 0 Å². The van der Waals surface area contributed by atoms with Gasteiger partial charge < -0.3 is 19.9 Å². The number of benzene rings is 1. The van der Waals surface area contributed by atoms with Crippen LogP contribution in [-0.2, 0) is 17.9 Å². The van der Waals surface area contributed by atoms with Crippen LogP contribution in [0.3, 0.4) is 0 Å². The second kappa shape index (κ2) is 11.0. The van der Waals surface area contributed by atoms with E-state index >= 15 is 0 Å². The third kappa shape index (κ3) is 5.37. The molecule has 6 rings (SSSR count). The van der Waals surface area contributed by atoms with Crippen LogP contribution in [0.1, 0.15) is 28.4 Å². The van der Waals surface area contributed by atoms with Crippen molar-refractivity contribution in [2.45, 2.75) is 26.6 Å². The molecule has 1 saturated heterocycles. The van der Waals surface area contributed by atoms with E-state index in [1.54, 1.807) is 35.6 Å². The van der Waals surface area contributed by atoms with Gasteiger partial charge in [0.1, 0.15) is 23.6 Å². The third-order valence-electron chi connectivity index (χ3n) is 7.21. The number of likely N-dealkylation sites (N-methyl/N-ethyl adjacent to an activating group) is 1. The molecular weight excluding hydrogens is 536 g/mol. The van der Waals surface area contributed by atoms with Gasteiger partial charge in [-0.05, 0) is 35.9 Å². The van der Waals surface area contributed by atoms with Crippen molar-refractivity contribution in [2.24, 2.45) is 4.99 Å². The predicted molar refractivity (Wildman–Crippen MR) is 145 cm³/mol. The number of carbonyl (C=O) groups is 2. The van der Waals surface area contributed by atoms with Crippen LogP contribution in [0.2, 0.25) is 0 Å². The lowest BCUT2D eigenvalue weighted by Crippen LogP contribution is -2.49. The molecular formula is C27H27F2N9O3. The van der Waals surface area contributed by atoms with Gasteiger partial charge in [0.05, 0.1) is 18.4 Å². The number of aromatic nitrogens is 5. The van der Waals surface area contributed by atoms with E-state index in [2.05, 4.69) is 37.3 Å². The van der Waals surface area contributed by atoms with Crippen LogP contribution in [0.4, 0.5) is 14.5 Å². The zero-order valence-electron chi connectivity index (χ0n) is 22.2. The average Bonchev–Trinajstić information content (AvgIpc) is 3.70. The van der Waals surface area contributed by atoms with E-state index in [1.807, 2.05) is 0 Å². The van der Waals surface area contributed by atoms with Gasteiger partial charge in [-0.2, -0.15) is 19.0 Å². The van der Waals surface area contributed by atoms with Gasteiger partial charge in [0, 0.05) is 56.5 Å². The van der Waals surface area contributed by atoms with Crippen molar-refractivity contribution in [1.82, 2.24) is 34.2 Å². The highest BCUT2D eigenvalue weighted by Crippen LogP contribution is 2.38. The molecule has 14 heteroatoms. The summed E-state index contributed by atoms with van der Waals surface area (Å²) in [7, 11) is 0. The van der Waals surface area contributed by atoms with E-state index in [0.717, 1.165) is 30.8 Å². The Bertz CT molecular complexity index is 1640. The molecule has 12 nitrogen and oxygen atoms in total. The van der Waals surface area contributed by atoms with Crippen molar-refractivity contribution < 1.29 is 23.1 Å². The minimum atomic E-state index is -3.08. The van der Waals surface area contributed by atoms with E-state index < -0.39 is 12.5 Å². The molecule has 5 heterocycles. The average molecular weight is 564 g/mol. The summed E-state index contributed by atoms with van der Waals surface area (Å²) >= 11 is 0. The van der Waals surface area contributed by atoms with Crippen LogP contribution in [-0.4, -0.2) is 91.5 Å². The Morgan fingerprint density at radius 1 is 1.17 bits per heavy atom. The Morgan fingerprint density at radius 2 is 2.00 bits per heavy atom. The number of amides is 2. The number of aliphatic imine (C=N–C) groups is 1. The molecule has 2 amide bonds. The standard InChI is InChI=1S/C27H27F2N9O3/c1-2-35-6-8-36(9-7-35)23(39)16-37-15-21(33-26(40)20-14-32-38-5-3-4-31-25(20)38)24(34-37)19-10-17-12-30-13-18(17)11-22(19)41-27(28)29/h3-5,10-12,14-15,27H,2,6-9,13,16H2,1H3,(H,33,40). The maximum absolute atomic E-state index is 13.4. The van der Waals surface area contributed by atoms with E-state index in [-0.39, 0.29) is 40.7 Å². The Kier molecular flexibility index (Phi) is 7.14. The lowest BCUT2D eigenvalue weighted by Gasteiger charge is -2.34. The topological polar surface area (TPSA) is 122 Å². The molecule has 2 aliphatic heterocycles. The van der Waals surface area contributed by atoms with Gasteiger partial charge in [0.15, 0.2) is 5.65 Å². The predicted octanol–water partition coefficient (Wildman–Crippen LogP) is 2.54. The summed E-state index contributed by atoms with van der Waals surface area (Å²) in [5, 5.41) is 11.5. The fraction of sp³-hybridized carbons (Fsp3) is 0.333. The minimum Gasteiger partial charge on any atom is -0.434 e. The number of hydrogen-bond donors (Lipinski definition) is 1. The van der Waals surface area contributed by atoms with Crippen molar-refractivity contribution in [3.63, 3.8) is 0 Å². The van der Waals surface area contributed by atoms with Crippen LogP contribution < -0.4 is 10.1 Å². The van der Waals surface area contributed by atoms with Gasteiger partial charge >= 0.3 is 6.61 Å². The number of hydrogen-bond acceptors (Lipinski definition) is 8. The first-order valence-corrected chi connectivity index (χ1v) is 13.2. The largest absolute Gasteiger partial charge is 0.434 e. The molecule has 1 N–H and O–H groups in total. The Balaban J connectivity index is 1.36. The molecule has 1 aromatic carbocycles. The van der Waals surface area contributed by atoms with Crippen molar-refractivity contribution >= 4 is 29.4 Å². The van der Waals surface area contributed by atoms with Crippen LogP contribution in [0.25, 0.3) is 16.9 Å². The molecule has 2 aliphatic rings. The Morgan fingerprint density at radius 3 is 2.78 bits per heavy atom. The summed E-state index contributed by atoms with van der Waals surface area (Å²) in [6.45, 7) is 2.94. The summed E-state index contributed by atoms with van der Waals surface area (Å²) < 4.78 is 34.6. The lowest BCUT2D eigenvalue weighted by molar-refractivity contribution is -0.133. The van der Waals surface area contributed by atoms with Crippen LogP contribution >= 0.6 is 0 Å². The number of carbonyl (C=O) groups excluding carboxylic acids is 2. The zero-order valence-corrected chi connectivity index (χ0v) is 22.2. The number of piperazine rings is 1. The Labute approximate surface area is 233 Å². The number of nitrogens with one attached hydrogen (secondary N) is 1. The smallest absolute Gasteiger partial charge is 0.387 e. The maximum atomic E-state index is 13.4. The highest BCUT2D eigenvalue weighted by atomic mass is 19.3. The Hall–Kier alpha value is -4.72. The summed E-state index contributed by atoms with van der Waals surface area (Å²) in [5.74, 6) is -0.769. The summed E-state index contributed by atoms with van der Waals surface area (Å²) in [6.07, 6.45) is 7.75. The van der Waals surface area contributed by atoms with Crippen molar-refractivity contribution in [3.8, 4) is 17.0 Å². The number of fused-ring (bicyclic) bond motifs is 2. The molecule has 0 atom stereocenters. The molecule has 212 valence electrons. The first-order valence-electron chi connectivity index (χ1n) is 13.2. The monoisotopic (exact) mass is 563 g/mol. The van der Waals surface area contributed by atoms with Crippen LogP contribution in [0.5, 0.6) is 5.75 Å². The van der Waals surface area contributed by atoms with E-state index in [4.69, 9.17) is 4.74 Å². The fourth-order valence-electron chi connectivity index (χ4n) is 5.04. The van der Waals surface area contributed by atoms with E-state index in [0.29, 0.717) is 25.3 Å². The number of halogens is 2. The number of ether oxygens (including phenoxy) is 1. The second-order valence-electron chi connectivity index (χ2n) is 9.70. The molecule has 4 aromatic rings. The van der Waals surface area contributed by atoms with Crippen LogP contribution in [0, 0.1) is 0 Å². The highest BCUT2D eigenvalue weighted by molar-refractivity contribution is 6.09. The van der Waals surface area contributed by atoms with Gasteiger partial charge in [-0.1, -0.05) is 6.92 Å². The molecule has 0 unspecified atom stereocenters. The molecule has 3 aromatic heterocycles. The number of rotatable bonds is 8. The number of nitrogens with zero attached hydrogens (tertiary/aromatic N) is 8. The van der Waals surface area contributed by atoms with Gasteiger partial charge in [-0.15, -0.1) is 0 Å². The quantitative estimate of drug-likeness (QED) is 0.350. The van der Waals surface area contributed by atoms with Gasteiger partial charge in [0.2, 0.25) is 5.91 Å². The maximum Gasteiger partial charge on any atom is 0.387 e. The first-order chi connectivity index (χ1) is 19.9. The van der Waals surface area contributed by atoms with E-state index in [9.17, 15) is 18.4 Å². The van der Waals surface area contributed by atoms with Crippen molar-refractivity contribution in [3.05, 3.63) is 59.7 Å². The molecule has 1 fully saturated rings. The molecule has 0 radical (unpaired) electrons. The fourth-order valence-corrected chi connectivity index (χ4v) is 5.04. The molecule has 0 bridgehead atoms. The minimum absolute atomic E-state index is 0.0926. The lowest BCUT2D eigenvalue weighted by atomic mass is 10.0. The normalized spacial score (nSPS) is 15.1. The zero-order chi connectivity index (χ0) is 28.5. The van der Waals surface area contributed by atoms with E-state index in [1.165, 1.54) is 27.7 Å². The molecule has 41 heavy (non-hydrogen) atoms. The van der Waals surface area contributed by atoms with Crippen molar-refractivity contribution in [2.75, 3.05) is 38.0 Å². The molecule has 0 aliphatic carbocycles. The first kappa shape index (κ1) is 26.5. The van der Waals surface area contributed by atoms with Gasteiger partial charge in [0.25, 0.3) is 5.91 Å². The number of alkyl halides is 2. The third-order valence-corrected chi connectivity index (χ3v) is 7.21. The summed E-state index contributed by atoms with van der Waals surface area (Å²) in [4.78, 5) is 39.0. The summed E-state index contributed by atoms with van der Waals surface area (Å²) in [6, 6.07) is 4.83.